The maximum absolute atomic E-state index is 4.25. The van der Waals surface area contributed by atoms with E-state index in [-0.39, 0.29) is 0 Å². The molecule has 0 saturated carbocycles. The van der Waals surface area contributed by atoms with Crippen LogP contribution in [0.5, 0.6) is 0 Å². The molecule has 16 heavy (non-hydrogen) atoms. The Morgan fingerprint density at radius 1 is 1.38 bits per heavy atom. The number of aromatic nitrogens is 2. The molecule has 1 aliphatic rings. The predicted molar refractivity (Wildman–Crippen MR) is 66.2 cm³/mol. The van der Waals surface area contributed by atoms with Gasteiger partial charge in [-0.2, -0.15) is 5.10 Å². The third-order valence-electron chi connectivity index (χ3n) is 3.39. The van der Waals surface area contributed by atoms with Gasteiger partial charge in [-0.15, -0.1) is 0 Å². The Balaban J connectivity index is 2.21. The summed E-state index contributed by atoms with van der Waals surface area (Å²) in [6.07, 6.45) is 10.8. The number of likely N-dealkylation sites (N-methyl/N-ethyl adjacent to an activating group) is 1. The summed E-state index contributed by atoms with van der Waals surface area (Å²) in [7, 11) is 4.04. The zero-order valence-corrected chi connectivity index (χ0v) is 10.2. The van der Waals surface area contributed by atoms with Gasteiger partial charge in [0.15, 0.2) is 0 Å². The molecule has 3 heteroatoms. The highest BCUT2D eigenvalue weighted by Gasteiger charge is 2.18. The second kappa shape index (κ2) is 5.30. The van der Waals surface area contributed by atoms with Crippen molar-refractivity contribution in [2.75, 3.05) is 7.05 Å². The second-order valence-electron chi connectivity index (χ2n) is 4.48. The van der Waals surface area contributed by atoms with E-state index in [9.17, 15) is 0 Å². The van der Waals surface area contributed by atoms with E-state index >= 15 is 0 Å². The highest BCUT2D eigenvalue weighted by Crippen LogP contribution is 2.28. The first-order chi connectivity index (χ1) is 7.83. The molecule has 1 aromatic heterocycles. The molecule has 1 N–H and O–H groups in total. The minimum Gasteiger partial charge on any atom is -0.308 e. The molecule has 1 heterocycles. The quantitative estimate of drug-likeness (QED) is 0.792. The Hall–Kier alpha value is -1.09. The van der Waals surface area contributed by atoms with Crippen molar-refractivity contribution in [1.82, 2.24) is 15.1 Å². The number of aryl methyl sites for hydroxylation is 1. The van der Waals surface area contributed by atoms with E-state index in [1.807, 2.05) is 25.0 Å². The molecule has 0 saturated heterocycles. The van der Waals surface area contributed by atoms with Crippen LogP contribution in [0.2, 0.25) is 0 Å². The fraction of sp³-hybridized carbons (Fsp3) is 0.615. The van der Waals surface area contributed by atoms with E-state index in [1.165, 1.54) is 43.4 Å². The van der Waals surface area contributed by atoms with Crippen LogP contribution in [-0.2, 0) is 7.05 Å². The predicted octanol–water partition coefficient (Wildman–Crippen LogP) is 2.57. The Labute approximate surface area is 97.5 Å². The van der Waals surface area contributed by atoms with Gasteiger partial charge in [-0.3, -0.25) is 4.68 Å². The molecule has 0 aromatic carbocycles. The first-order valence-corrected chi connectivity index (χ1v) is 6.17. The molecule has 1 unspecified atom stereocenters. The standard InChI is InChI=1S/C13H21N3/c1-14-13(12-9-10-15-16(12)2)11-7-5-3-4-6-8-11/h7,9-10,13-14H,3-6,8H2,1-2H3. The summed E-state index contributed by atoms with van der Waals surface area (Å²) in [6.45, 7) is 0. The van der Waals surface area contributed by atoms with E-state index in [4.69, 9.17) is 0 Å². The highest BCUT2D eigenvalue weighted by molar-refractivity contribution is 5.22. The third kappa shape index (κ3) is 2.35. The Kier molecular flexibility index (Phi) is 3.78. The molecule has 0 radical (unpaired) electrons. The van der Waals surface area contributed by atoms with Crippen molar-refractivity contribution >= 4 is 0 Å². The van der Waals surface area contributed by atoms with E-state index in [0.717, 1.165) is 0 Å². The lowest BCUT2D eigenvalue weighted by molar-refractivity contribution is 0.574. The lowest BCUT2D eigenvalue weighted by atomic mass is 9.99. The third-order valence-corrected chi connectivity index (χ3v) is 3.39. The fourth-order valence-electron chi connectivity index (χ4n) is 2.49. The van der Waals surface area contributed by atoms with Gasteiger partial charge in [-0.1, -0.05) is 18.1 Å². The molecule has 88 valence electrons. The molecule has 3 nitrogen and oxygen atoms in total. The highest BCUT2D eigenvalue weighted by atomic mass is 15.3. The van der Waals surface area contributed by atoms with Gasteiger partial charge in [0.05, 0.1) is 11.7 Å². The van der Waals surface area contributed by atoms with Crippen LogP contribution in [-0.4, -0.2) is 16.8 Å². The second-order valence-corrected chi connectivity index (χ2v) is 4.48. The molecule has 0 bridgehead atoms. The minimum atomic E-state index is 0.339. The Morgan fingerprint density at radius 2 is 2.25 bits per heavy atom. The van der Waals surface area contributed by atoms with E-state index in [1.54, 1.807) is 0 Å². The summed E-state index contributed by atoms with van der Waals surface area (Å²) in [5.41, 5.74) is 2.79. The van der Waals surface area contributed by atoms with Crippen LogP contribution in [0.25, 0.3) is 0 Å². The minimum absolute atomic E-state index is 0.339. The molecule has 2 rings (SSSR count). The lowest BCUT2D eigenvalue weighted by Gasteiger charge is -2.19. The zero-order chi connectivity index (χ0) is 11.4. The molecule has 1 aliphatic carbocycles. The zero-order valence-electron chi connectivity index (χ0n) is 10.2. The number of rotatable bonds is 3. The van der Waals surface area contributed by atoms with Crippen molar-refractivity contribution in [3.05, 3.63) is 29.6 Å². The summed E-state index contributed by atoms with van der Waals surface area (Å²) < 4.78 is 1.97. The van der Waals surface area contributed by atoms with Crippen LogP contribution in [0.4, 0.5) is 0 Å². The molecule has 0 aliphatic heterocycles. The molecular formula is C13H21N3. The largest absolute Gasteiger partial charge is 0.308 e. The van der Waals surface area contributed by atoms with Crippen LogP contribution in [0.3, 0.4) is 0 Å². The van der Waals surface area contributed by atoms with Gasteiger partial charge >= 0.3 is 0 Å². The van der Waals surface area contributed by atoms with Gasteiger partial charge in [0.1, 0.15) is 0 Å². The summed E-state index contributed by atoms with van der Waals surface area (Å²) >= 11 is 0. The average molecular weight is 219 g/mol. The van der Waals surface area contributed by atoms with Gasteiger partial charge in [0.2, 0.25) is 0 Å². The SMILES string of the molecule is CNC(C1=CCCCCC1)c1ccnn1C. The van der Waals surface area contributed by atoms with Gasteiger partial charge in [0.25, 0.3) is 0 Å². The lowest BCUT2D eigenvalue weighted by Crippen LogP contribution is -2.21. The monoisotopic (exact) mass is 219 g/mol. The fourth-order valence-corrected chi connectivity index (χ4v) is 2.49. The smallest absolute Gasteiger partial charge is 0.0705 e. The van der Waals surface area contributed by atoms with Crippen molar-refractivity contribution in [3.63, 3.8) is 0 Å². The van der Waals surface area contributed by atoms with E-state index < -0.39 is 0 Å². The van der Waals surface area contributed by atoms with Gasteiger partial charge in [0, 0.05) is 13.2 Å². The molecule has 0 amide bonds. The van der Waals surface area contributed by atoms with Crippen LogP contribution < -0.4 is 5.32 Å². The van der Waals surface area contributed by atoms with E-state index in [0.29, 0.717) is 6.04 Å². The number of nitrogens with zero attached hydrogens (tertiary/aromatic N) is 2. The van der Waals surface area contributed by atoms with Crippen LogP contribution >= 0.6 is 0 Å². The van der Waals surface area contributed by atoms with Crippen molar-refractivity contribution in [1.29, 1.82) is 0 Å². The molecular weight excluding hydrogens is 198 g/mol. The van der Waals surface area contributed by atoms with Gasteiger partial charge in [-0.05, 0) is 38.8 Å². The average Bonchev–Trinajstić information content (AvgIpc) is 2.57. The summed E-state index contributed by atoms with van der Waals surface area (Å²) in [6, 6.07) is 2.44. The van der Waals surface area contributed by atoms with Gasteiger partial charge < -0.3 is 5.32 Å². The molecule has 1 aromatic rings. The Morgan fingerprint density at radius 3 is 2.94 bits per heavy atom. The first kappa shape index (κ1) is 11.4. The molecule has 0 spiro atoms. The van der Waals surface area contributed by atoms with Crippen molar-refractivity contribution in [2.24, 2.45) is 7.05 Å². The molecule has 1 atom stereocenters. The van der Waals surface area contributed by atoms with Crippen LogP contribution in [0.15, 0.2) is 23.9 Å². The number of hydrogen-bond acceptors (Lipinski definition) is 2. The van der Waals surface area contributed by atoms with Crippen LogP contribution in [0.1, 0.15) is 43.8 Å². The maximum Gasteiger partial charge on any atom is 0.0705 e. The topological polar surface area (TPSA) is 29.9 Å². The summed E-state index contributed by atoms with van der Waals surface area (Å²) in [5, 5.41) is 7.67. The summed E-state index contributed by atoms with van der Waals surface area (Å²) in [5.74, 6) is 0. The van der Waals surface area contributed by atoms with Crippen molar-refractivity contribution in [3.8, 4) is 0 Å². The maximum atomic E-state index is 4.25. The summed E-state index contributed by atoms with van der Waals surface area (Å²) in [4.78, 5) is 0. The van der Waals surface area contributed by atoms with Crippen LogP contribution in [0, 0.1) is 0 Å². The van der Waals surface area contributed by atoms with Gasteiger partial charge in [-0.25, -0.2) is 0 Å². The normalized spacial score (nSPS) is 19.0. The van der Waals surface area contributed by atoms with Crippen molar-refractivity contribution in [2.45, 2.75) is 38.1 Å². The first-order valence-electron chi connectivity index (χ1n) is 6.17. The molecule has 0 fully saturated rings. The number of nitrogens with one attached hydrogen (secondary N) is 1. The number of hydrogen-bond donors (Lipinski definition) is 1. The van der Waals surface area contributed by atoms with Crippen molar-refractivity contribution < 1.29 is 0 Å². The van der Waals surface area contributed by atoms with E-state index in [2.05, 4.69) is 22.6 Å². The Bertz CT molecular complexity index is 365. The number of allylic oxidation sites excluding steroid dienone is 1.